The van der Waals surface area contributed by atoms with Crippen LogP contribution < -0.4 is 0 Å². The molecule has 1 saturated heterocycles. The lowest BCUT2D eigenvalue weighted by molar-refractivity contribution is -0.150. The normalized spacial score (nSPS) is 26.7. The van der Waals surface area contributed by atoms with Gasteiger partial charge in [-0.1, -0.05) is 24.3 Å². The zero-order valence-electron chi connectivity index (χ0n) is 27.2. The minimum Gasteiger partial charge on any atom is -0.480 e. The van der Waals surface area contributed by atoms with Crippen LogP contribution in [0.1, 0.15) is 62.8 Å². The molecule has 0 bridgehead atoms. The first-order valence-corrected chi connectivity index (χ1v) is 18.5. The molecule has 7 heteroatoms. The first-order chi connectivity index (χ1) is 25.3. The van der Waals surface area contributed by atoms with E-state index in [1.165, 1.54) is 130 Å². The third-order valence-corrected chi connectivity index (χ3v) is 16.2. The lowest BCUT2D eigenvalue weighted by Gasteiger charge is -2.40. The summed E-state index contributed by atoms with van der Waals surface area (Å²) in [6.07, 6.45) is 3.05. The molecule has 0 saturated carbocycles. The number of hydrogen-bond donors (Lipinski definition) is 3. The summed E-state index contributed by atoms with van der Waals surface area (Å²) in [7, 11) is 0. The molecule has 6 aliphatic rings. The maximum Gasteiger partial charge on any atom is 0.321 e. The van der Waals surface area contributed by atoms with Crippen LogP contribution in [0, 0.1) is 0 Å². The number of nitrogens with zero attached hydrogens (tertiary/aromatic N) is 1. The van der Waals surface area contributed by atoms with E-state index >= 15 is 0 Å². The Bertz CT molecular complexity index is 3740. The van der Waals surface area contributed by atoms with Gasteiger partial charge >= 0.3 is 17.9 Å². The Morgan fingerprint density at radius 3 is 1.79 bits per heavy atom. The number of carbonyl (C=O) groups is 3. The highest BCUT2D eigenvalue weighted by atomic mass is 16.4. The Morgan fingerprint density at radius 1 is 0.596 bits per heavy atom. The van der Waals surface area contributed by atoms with Gasteiger partial charge in [-0.2, -0.15) is 0 Å². The highest BCUT2D eigenvalue weighted by molar-refractivity contribution is 6.63. The lowest BCUT2D eigenvalue weighted by atomic mass is 9.60. The fourth-order valence-corrected chi connectivity index (χ4v) is 15.6. The van der Waals surface area contributed by atoms with E-state index in [-0.39, 0.29) is 5.92 Å². The van der Waals surface area contributed by atoms with Gasteiger partial charge in [0.05, 0.1) is 6.54 Å². The predicted molar refractivity (Wildman–Crippen MR) is 198 cm³/mol. The summed E-state index contributed by atoms with van der Waals surface area (Å²) in [5.41, 5.74) is 9.02. The molecule has 5 aliphatic carbocycles. The molecule has 0 radical (unpaired) electrons. The molecule has 7 nitrogen and oxygen atoms in total. The van der Waals surface area contributed by atoms with E-state index in [2.05, 4.69) is 24.3 Å². The van der Waals surface area contributed by atoms with Crippen LogP contribution >= 0.6 is 0 Å². The Balaban J connectivity index is 1.27. The van der Waals surface area contributed by atoms with Crippen LogP contribution in [0.2, 0.25) is 0 Å². The van der Waals surface area contributed by atoms with E-state index in [1.54, 1.807) is 0 Å². The van der Waals surface area contributed by atoms with Gasteiger partial charge in [-0.15, -0.1) is 0 Å². The molecular formula is C45H21NO6. The third-order valence-electron chi connectivity index (χ3n) is 16.2. The maximum atomic E-state index is 13.9. The Hall–Kier alpha value is -5.79. The first kappa shape index (κ1) is 24.4. The van der Waals surface area contributed by atoms with E-state index in [0.717, 1.165) is 46.5 Å². The Labute approximate surface area is 289 Å². The van der Waals surface area contributed by atoms with E-state index in [1.807, 2.05) is 0 Å². The Kier molecular flexibility index (Phi) is 3.02. The van der Waals surface area contributed by atoms with Crippen LogP contribution in [0.4, 0.5) is 0 Å². The second kappa shape index (κ2) is 6.43. The van der Waals surface area contributed by atoms with E-state index in [9.17, 15) is 29.7 Å². The van der Waals surface area contributed by atoms with Crippen LogP contribution in [-0.2, 0) is 39.1 Å². The summed E-state index contributed by atoms with van der Waals surface area (Å²) in [5, 5.41) is 59.1. The molecule has 11 aromatic carbocycles. The molecule has 5 atom stereocenters. The summed E-state index contributed by atoms with van der Waals surface area (Å²) in [6.45, 7) is -0.640. The van der Waals surface area contributed by atoms with Crippen LogP contribution in [0.25, 0.3) is 108 Å². The van der Waals surface area contributed by atoms with Crippen LogP contribution in [0.5, 0.6) is 0 Å². The fraction of sp³-hybridized carbons (Fsp3) is 0.222. The van der Waals surface area contributed by atoms with Crippen molar-refractivity contribution < 1.29 is 29.7 Å². The summed E-state index contributed by atoms with van der Waals surface area (Å²) < 4.78 is 0. The molecule has 5 unspecified atom stereocenters. The summed E-state index contributed by atoms with van der Waals surface area (Å²) in [6, 6.07) is 6.96. The van der Waals surface area contributed by atoms with Crippen molar-refractivity contribution in [1.29, 1.82) is 0 Å². The van der Waals surface area contributed by atoms with E-state index in [4.69, 9.17) is 0 Å². The van der Waals surface area contributed by atoms with Crippen LogP contribution in [-0.4, -0.2) is 56.8 Å². The molecule has 0 amide bonds. The highest BCUT2D eigenvalue weighted by Crippen LogP contribution is 2.75. The standard InChI is InChI=1S/C45H21NO6/c47-18(48)9-46-41(43(49)50)39-17-7-15-5-12-3-13-2-10-1-11-4-14-6-16-8-45(39,42(46)44(51)52)40-25(16)30-24(14)29-20(11)19(10)27-23(13)28-21(12)22(15)31-26(17)38(40)37-35(30)33(29)32(27)34(28)36(31)37/h2,4-5,7,16,39,41-42H,1,3,6,8-9H2,(H,47,48)(H,49,50)(H,51,52). The van der Waals surface area contributed by atoms with Crippen molar-refractivity contribution in [3.05, 3.63) is 68.8 Å². The molecular weight excluding hydrogens is 650 g/mol. The number of carboxylic acids is 3. The van der Waals surface area contributed by atoms with Gasteiger partial charge in [-0.05, 0) is 184 Å². The van der Waals surface area contributed by atoms with Gasteiger partial charge < -0.3 is 15.3 Å². The van der Waals surface area contributed by atoms with E-state index in [0.29, 0.717) is 6.42 Å². The van der Waals surface area contributed by atoms with Gasteiger partial charge in [0.15, 0.2) is 0 Å². The minimum absolute atomic E-state index is 0.0132. The lowest BCUT2D eigenvalue weighted by Crippen LogP contribution is -2.51. The second-order valence-electron chi connectivity index (χ2n) is 17.6. The third kappa shape index (κ3) is 1.82. The summed E-state index contributed by atoms with van der Waals surface area (Å²) in [4.78, 5) is 41.4. The molecule has 0 aromatic heterocycles. The minimum atomic E-state index is -1.30. The average Bonchev–Trinajstić information content (AvgIpc) is 3.93. The zero-order chi connectivity index (χ0) is 33.6. The first-order valence-electron chi connectivity index (χ1n) is 18.5. The second-order valence-corrected chi connectivity index (χ2v) is 17.6. The zero-order valence-corrected chi connectivity index (χ0v) is 27.2. The van der Waals surface area contributed by atoms with Gasteiger partial charge in [0, 0.05) is 11.3 Å². The largest absolute Gasteiger partial charge is 0.480 e. The topological polar surface area (TPSA) is 115 Å². The van der Waals surface area contributed by atoms with Crippen molar-refractivity contribution in [2.75, 3.05) is 6.54 Å². The number of aliphatic carboxylic acids is 3. The van der Waals surface area contributed by atoms with Crippen LogP contribution in [0.3, 0.4) is 0 Å². The molecule has 3 N–H and O–H groups in total. The fourth-order valence-electron chi connectivity index (χ4n) is 15.6. The van der Waals surface area contributed by atoms with Crippen LogP contribution in [0.15, 0.2) is 24.3 Å². The number of rotatable bonds is 4. The van der Waals surface area contributed by atoms with Crippen molar-refractivity contribution >= 4 is 126 Å². The van der Waals surface area contributed by atoms with Crippen molar-refractivity contribution in [3.8, 4) is 0 Å². The van der Waals surface area contributed by atoms with Crippen molar-refractivity contribution in [2.45, 2.75) is 55.0 Å². The quantitative estimate of drug-likeness (QED) is 0.164. The van der Waals surface area contributed by atoms with Gasteiger partial charge in [-0.3, -0.25) is 19.3 Å². The molecule has 1 heterocycles. The van der Waals surface area contributed by atoms with E-state index < -0.39 is 47.9 Å². The average molecular weight is 672 g/mol. The molecule has 1 spiro atoms. The maximum absolute atomic E-state index is 13.9. The molecule has 1 fully saturated rings. The summed E-state index contributed by atoms with van der Waals surface area (Å²) in [5.74, 6) is -4.19. The monoisotopic (exact) mass is 671 g/mol. The number of hydrogen-bond acceptors (Lipinski definition) is 4. The van der Waals surface area contributed by atoms with Crippen molar-refractivity contribution in [2.24, 2.45) is 0 Å². The number of fused-ring (bicyclic) bond motifs is 1. The molecule has 1 aliphatic heterocycles. The molecule has 52 heavy (non-hydrogen) atoms. The number of likely N-dealkylation sites (tertiary alicyclic amines) is 1. The van der Waals surface area contributed by atoms with Crippen molar-refractivity contribution in [3.63, 3.8) is 0 Å². The molecule has 17 rings (SSSR count). The SMILES string of the molecule is O=C(O)CN1C(C(=O)O)C2c3cc4cc5c6c4c4c3c3c7c8c9c%10c(cc%11c%12c%13c(cc(c%14c%13c%13c(c%12%10)c9c3c4c%13c6%14)C5)C%11)CC8CC72C1C(=O)O. The van der Waals surface area contributed by atoms with Crippen molar-refractivity contribution in [1.82, 2.24) is 4.90 Å². The Morgan fingerprint density at radius 2 is 1.13 bits per heavy atom. The van der Waals surface area contributed by atoms with Gasteiger partial charge in [0.25, 0.3) is 0 Å². The highest BCUT2D eigenvalue weighted by Gasteiger charge is 2.71. The summed E-state index contributed by atoms with van der Waals surface area (Å²) >= 11 is 0. The van der Waals surface area contributed by atoms with Gasteiger partial charge in [-0.25, -0.2) is 0 Å². The predicted octanol–water partition coefficient (Wildman–Crippen LogP) is 7.78. The number of carboxylic acid groups (broad SMARTS) is 3. The molecule has 11 aromatic rings. The smallest absolute Gasteiger partial charge is 0.321 e. The number of benzene rings is 7. The van der Waals surface area contributed by atoms with Gasteiger partial charge in [0.1, 0.15) is 12.1 Å². The molecule has 242 valence electrons. The van der Waals surface area contributed by atoms with Gasteiger partial charge in [0.2, 0.25) is 0 Å².